The fraction of sp³-hybridized carbons (Fsp3) is 0.263. The molecule has 0 fully saturated rings. The molecule has 0 aliphatic heterocycles. The maximum atomic E-state index is 6.04. The maximum Gasteiger partial charge on any atom is 0.170 e. The van der Waals surface area contributed by atoms with Crippen LogP contribution < -0.4 is 9.47 Å². The number of pyridine rings is 1. The second-order valence-electron chi connectivity index (χ2n) is 6.13. The Labute approximate surface area is 158 Å². The Hall–Kier alpha value is -2.57. The second-order valence-corrected chi connectivity index (χ2v) is 6.57. The zero-order chi connectivity index (χ0) is 18.7. The van der Waals surface area contributed by atoms with Gasteiger partial charge in [0, 0.05) is 18.1 Å². The molecule has 3 rings (SSSR count). The number of hydrogen-bond donors (Lipinski definition) is 0. The Morgan fingerprint density at radius 1 is 1.08 bits per heavy atom. The van der Waals surface area contributed by atoms with Crippen LogP contribution in [0.1, 0.15) is 5.82 Å². The van der Waals surface area contributed by atoms with Gasteiger partial charge in [0.05, 0.1) is 37.4 Å². The lowest BCUT2D eigenvalue weighted by Gasteiger charge is -2.12. The highest BCUT2D eigenvalue weighted by molar-refractivity contribution is 6.30. The van der Waals surface area contributed by atoms with Crippen LogP contribution in [0.4, 0.5) is 0 Å². The Balaban J connectivity index is 1.81. The largest absolute Gasteiger partial charge is 0.493 e. The zero-order valence-electron chi connectivity index (χ0n) is 15.2. The Kier molecular flexibility index (Phi) is 5.44. The van der Waals surface area contributed by atoms with Gasteiger partial charge >= 0.3 is 0 Å². The topological polar surface area (TPSA) is 52.4 Å². The van der Waals surface area contributed by atoms with Gasteiger partial charge < -0.3 is 18.9 Å². The molecule has 0 aliphatic rings. The molecule has 0 N–H and O–H groups in total. The van der Waals surface area contributed by atoms with Crippen molar-refractivity contribution in [2.45, 2.75) is 6.54 Å². The van der Waals surface area contributed by atoms with E-state index in [1.807, 2.05) is 44.0 Å². The molecule has 0 spiro atoms. The third-order valence-electron chi connectivity index (χ3n) is 3.89. The summed E-state index contributed by atoms with van der Waals surface area (Å²) < 4.78 is 13.2. The third kappa shape index (κ3) is 3.98. The predicted octanol–water partition coefficient (Wildman–Crippen LogP) is 4.00. The Bertz CT molecular complexity index is 891. The first-order valence-electron chi connectivity index (χ1n) is 8.11. The molecule has 0 atom stereocenters. The molecular weight excluding hydrogens is 352 g/mol. The fourth-order valence-electron chi connectivity index (χ4n) is 2.57. The number of benzene rings is 1. The zero-order valence-corrected chi connectivity index (χ0v) is 16.0. The maximum absolute atomic E-state index is 6.04. The standard InChI is InChI=1S/C19H21ClN4O2/c1-23(2)12-19-22-11-16(24(19)3)15-7-6-14(10-21-15)26-18-9-13(20)5-8-17(18)25-4/h5-11H,12H2,1-4H3. The van der Waals surface area contributed by atoms with Crippen molar-refractivity contribution in [2.75, 3.05) is 21.2 Å². The summed E-state index contributed by atoms with van der Waals surface area (Å²) in [5, 5.41) is 0.577. The highest BCUT2D eigenvalue weighted by atomic mass is 35.5. The summed E-state index contributed by atoms with van der Waals surface area (Å²) in [6, 6.07) is 9.00. The van der Waals surface area contributed by atoms with Crippen LogP contribution in [0, 0.1) is 0 Å². The van der Waals surface area contributed by atoms with Crippen LogP contribution in [0.3, 0.4) is 0 Å². The molecule has 0 saturated carbocycles. The lowest BCUT2D eigenvalue weighted by Crippen LogP contribution is -2.14. The van der Waals surface area contributed by atoms with Gasteiger partial charge in [0.25, 0.3) is 0 Å². The third-order valence-corrected chi connectivity index (χ3v) is 4.13. The van der Waals surface area contributed by atoms with Crippen molar-refractivity contribution in [1.29, 1.82) is 0 Å². The molecule has 0 aliphatic carbocycles. The predicted molar refractivity (Wildman–Crippen MR) is 102 cm³/mol. The van der Waals surface area contributed by atoms with Gasteiger partial charge in [0.1, 0.15) is 11.6 Å². The summed E-state index contributed by atoms with van der Waals surface area (Å²) in [6.07, 6.45) is 3.51. The van der Waals surface area contributed by atoms with Crippen molar-refractivity contribution in [1.82, 2.24) is 19.4 Å². The van der Waals surface area contributed by atoms with Gasteiger partial charge in [0.15, 0.2) is 11.5 Å². The van der Waals surface area contributed by atoms with Gasteiger partial charge in [-0.3, -0.25) is 4.98 Å². The molecule has 3 aromatic rings. The van der Waals surface area contributed by atoms with Crippen molar-refractivity contribution in [3.05, 3.63) is 53.6 Å². The van der Waals surface area contributed by atoms with Crippen molar-refractivity contribution >= 4 is 11.6 Å². The number of aromatic nitrogens is 3. The van der Waals surface area contributed by atoms with Crippen molar-refractivity contribution in [2.24, 2.45) is 7.05 Å². The molecule has 2 aromatic heterocycles. The van der Waals surface area contributed by atoms with E-state index in [4.69, 9.17) is 21.1 Å². The number of rotatable bonds is 6. The molecule has 136 valence electrons. The lowest BCUT2D eigenvalue weighted by molar-refractivity contribution is 0.378. The van der Waals surface area contributed by atoms with Crippen LogP contribution >= 0.6 is 11.6 Å². The minimum absolute atomic E-state index is 0.545. The molecule has 0 radical (unpaired) electrons. The van der Waals surface area contributed by atoms with E-state index < -0.39 is 0 Å². The van der Waals surface area contributed by atoms with Gasteiger partial charge in [0.2, 0.25) is 0 Å². The van der Waals surface area contributed by atoms with E-state index in [9.17, 15) is 0 Å². The van der Waals surface area contributed by atoms with Gasteiger partial charge in [-0.25, -0.2) is 4.98 Å². The molecule has 26 heavy (non-hydrogen) atoms. The first kappa shape index (κ1) is 18.2. The quantitative estimate of drug-likeness (QED) is 0.654. The van der Waals surface area contributed by atoms with Gasteiger partial charge in [-0.2, -0.15) is 0 Å². The van der Waals surface area contributed by atoms with Gasteiger partial charge in [-0.15, -0.1) is 0 Å². The van der Waals surface area contributed by atoms with Gasteiger partial charge in [-0.05, 0) is 38.4 Å². The van der Waals surface area contributed by atoms with E-state index in [2.05, 4.69) is 14.9 Å². The molecule has 0 amide bonds. The van der Waals surface area contributed by atoms with E-state index >= 15 is 0 Å². The molecule has 2 heterocycles. The summed E-state index contributed by atoms with van der Waals surface area (Å²) >= 11 is 6.04. The normalized spacial score (nSPS) is 11.0. The van der Waals surface area contributed by atoms with E-state index in [0.29, 0.717) is 22.3 Å². The molecule has 1 aromatic carbocycles. The summed E-state index contributed by atoms with van der Waals surface area (Å²) in [5.74, 6) is 2.74. The Morgan fingerprint density at radius 2 is 1.88 bits per heavy atom. The van der Waals surface area contributed by atoms with E-state index in [1.165, 1.54) is 0 Å². The first-order valence-corrected chi connectivity index (χ1v) is 8.49. The van der Waals surface area contributed by atoms with Crippen LogP contribution in [-0.2, 0) is 13.6 Å². The molecule has 0 saturated heterocycles. The monoisotopic (exact) mass is 372 g/mol. The number of ether oxygens (including phenoxy) is 2. The SMILES string of the molecule is COc1ccc(Cl)cc1Oc1ccc(-c2cnc(CN(C)C)n2C)nc1. The summed E-state index contributed by atoms with van der Waals surface area (Å²) in [5.41, 5.74) is 1.78. The summed E-state index contributed by atoms with van der Waals surface area (Å²) in [6.45, 7) is 0.770. The lowest BCUT2D eigenvalue weighted by atomic mass is 10.3. The minimum Gasteiger partial charge on any atom is -0.493 e. The number of nitrogens with zero attached hydrogens (tertiary/aromatic N) is 4. The average molecular weight is 373 g/mol. The van der Waals surface area contributed by atoms with Crippen LogP contribution in [0.25, 0.3) is 11.4 Å². The number of methoxy groups -OCH3 is 1. The summed E-state index contributed by atoms with van der Waals surface area (Å²) in [7, 11) is 7.61. The highest BCUT2D eigenvalue weighted by Crippen LogP contribution is 2.34. The number of imidazole rings is 1. The van der Waals surface area contributed by atoms with E-state index in [0.717, 1.165) is 23.8 Å². The molecule has 0 unspecified atom stereocenters. The fourth-order valence-corrected chi connectivity index (χ4v) is 2.73. The average Bonchev–Trinajstić information content (AvgIpc) is 2.96. The number of hydrogen-bond acceptors (Lipinski definition) is 5. The molecule has 0 bridgehead atoms. The Morgan fingerprint density at radius 3 is 2.54 bits per heavy atom. The van der Waals surface area contributed by atoms with Crippen LogP contribution in [0.2, 0.25) is 5.02 Å². The van der Waals surface area contributed by atoms with Crippen LogP contribution in [-0.4, -0.2) is 40.6 Å². The molecule has 7 heteroatoms. The minimum atomic E-state index is 0.545. The van der Waals surface area contributed by atoms with E-state index in [-0.39, 0.29) is 0 Å². The summed E-state index contributed by atoms with van der Waals surface area (Å²) in [4.78, 5) is 11.1. The smallest absolute Gasteiger partial charge is 0.170 e. The molecular formula is C19H21ClN4O2. The van der Waals surface area contributed by atoms with Crippen LogP contribution in [0.15, 0.2) is 42.7 Å². The first-order chi connectivity index (χ1) is 12.5. The molecule has 6 nitrogen and oxygen atoms in total. The van der Waals surface area contributed by atoms with Crippen molar-refractivity contribution in [3.8, 4) is 28.6 Å². The number of halogens is 1. The highest BCUT2D eigenvalue weighted by Gasteiger charge is 2.11. The van der Waals surface area contributed by atoms with E-state index in [1.54, 1.807) is 31.5 Å². The second kappa shape index (κ2) is 7.76. The van der Waals surface area contributed by atoms with Crippen molar-refractivity contribution in [3.63, 3.8) is 0 Å². The van der Waals surface area contributed by atoms with Crippen molar-refractivity contribution < 1.29 is 9.47 Å². The van der Waals surface area contributed by atoms with Crippen LogP contribution in [0.5, 0.6) is 17.2 Å². The van der Waals surface area contributed by atoms with Gasteiger partial charge in [-0.1, -0.05) is 11.6 Å².